The fourth-order valence-electron chi connectivity index (χ4n) is 3.43. The van der Waals surface area contributed by atoms with Crippen molar-refractivity contribution < 1.29 is 14.3 Å². The molecule has 0 bridgehead atoms. The van der Waals surface area contributed by atoms with Gasteiger partial charge in [-0.25, -0.2) is 4.79 Å². The van der Waals surface area contributed by atoms with Crippen molar-refractivity contribution >= 4 is 11.5 Å². The predicted molar refractivity (Wildman–Crippen MR) is 103 cm³/mol. The molecule has 0 aliphatic carbocycles. The quantitative estimate of drug-likeness (QED) is 0.596. The summed E-state index contributed by atoms with van der Waals surface area (Å²) in [6.07, 6.45) is 1.71. The van der Waals surface area contributed by atoms with Crippen LogP contribution in [-0.2, 0) is 9.47 Å². The molecule has 4 nitrogen and oxygen atoms in total. The Labute approximate surface area is 154 Å². The minimum absolute atomic E-state index is 0.253. The van der Waals surface area contributed by atoms with E-state index in [1.54, 1.807) is 0 Å². The number of pyridine rings is 1. The second-order valence-electron chi connectivity index (χ2n) is 6.42. The Bertz CT molecular complexity index is 906. The van der Waals surface area contributed by atoms with E-state index >= 15 is 0 Å². The molecule has 0 N–H and O–H groups in total. The summed E-state index contributed by atoms with van der Waals surface area (Å²) in [5.74, 6) is -0.307. The number of carbonyl (C=O) groups is 1. The first-order chi connectivity index (χ1) is 12.5. The molecule has 3 rings (SSSR count). The van der Waals surface area contributed by atoms with E-state index in [9.17, 15) is 4.79 Å². The standard InChI is InChI=1S/C22H25NO3/c1-5-25-21(17-12-15(3)11-16(4)13-17)20-14-18(22(24)26-6-2)19-9-7-8-10-23(19)20/h7-14,21H,5-6H2,1-4H3. The molecular formula is C22H25NO3. The topological polar surface area (TPSA) is 39.9 Å². The lowest BCUT2D eigenvalue weighted by atomic mass is 10.0. The summed E-state index contributed by atoms with van der Waals surface area (Å²) in [4.78, 5) is 12.4. The number of carbonyl (C=O) groups excluding carboxylic acids is 1. The number of nitrogens with zero attached hydrogens (tertiary/aromatic N) is 1. The summed E-state index contributed by atoms with van der Waals surface area (Å²) >= 11 is 0. The Hall–Kier alpha value is -2.59. The molecule has 0 saturated carbocycles. The summed E-state index contributed by atoms with van der Waals surface area (Å²) in [7, 11) is 0. The molecule has 0 radical (unpaired) electrons. The zero-order valence-corrected chi connectivity index (χ0v) is 15.8. The summed E-state index contributed by atoms with van der Waals surface area (Å²) in [6.45, 7) is 8.89. The van der Waals surface area contributed by atoms with E-state index in [0.29, 0.717) is 18.8 Å². The van der Waals surface area contributed by atoms with Gasteiger partial charge in [0.05, 0.1) is 23.4 Å². The van der Waals surface area contributed by atoms with Gasteiger partial charge >= 0.3 is 5.97 Å². The predicted octanol–water partition coefficient (Wildman–Crippen LogP) is 4.86. The third kappa shape index (κ3) is 3.51. The lowest BCUT2D eigenvalue weighted by Crippen LogP contribution is -2.09. The SMILES string of the molecule is CCOC(=O)c1cc(C(OCC)c2cc(C)cc(C)c2)n2ccccc12. The number of rotatable bonds is 6. The molecule has 26 heavy (non-hydrogen) atoms. The maximum absolute atomic E-state index is 12.4. The number of aryl methyl sites for hydroxylation is 2. The molecule has 0 saturated heterocycles. The summed E-state index contributed by atoms with van der Waals surface area (Å²) in [6, 6.07) is 14.1. The van der Waals surface area contributed by atoms with Gasteiger partial charge in [-0.1, -0.05) is 35.4 Å². The van der Waals surface area contributed by atoms with E-state index in [4.69, 9.17) is 9.47 Å². The van der Waals surface area contributed by atoms with Crippen LogP contribution in [0.25, 0.3) is 5.52 Å². The lowest BCUT2D eigenvalue weighted by molar-refractivity contribution is 0.0528. The minimum atomic E-state index is -0.307. The molecule has 1 aromatic carbocycles. The van der Waals surface area contributed by atoms with Crippen LogP contribution < -0.4 is 0 Å². The Morgan fingerprint density at radius 2 is 1.77 bits per heavy atom. The molecule has 3 aromatic rings. The zero-order valence-electron chi connectivity index (χ0n) is 15.8. The number of esters is 1. The van der Waals surface area contributed by atoms with Gasteiger partial charge in [-0.05, 0) is 51.5 Å². The molecular weight excluding hydrogens is 326 g/mol. The molecule has 2 aromatic heterocycles. The van der Waals surface area contributed by atoms with E-state index in [0.717, 1.165) is 16.8 Å². The highest BCUT2D eigenvalue weighted by Gasteiger charge is 2.23. The molecule has 0 amide bonds. The largest absolute Gasteiger partial charge is 0.462 e. The van der Waals surface area contributed by atoms with Crippen LogP contribution in [0, 0.1) is 13.8 Å². The van der Waals surface area contributed by atoms with Crippen molar-refractivity contribution in [3.05, 3.63) is 76.6 Å². The maximum atomic E-state index is 12.4. The van der Waals surface area contributed by atoms with E-state index in [-0.39, 0.29) is 12.1 Å². The molecule has 1 unspecified atom stereocenters. The number of hydrogen-bond donors (Lipinski definition) is 0. The van der Waals surface area contributed by atoms with E-state index in [2.05, 4.69) is 32.0 Å². The van der Waals surface area contributed by atoms with Gasteiger partial charge in [0.1, 0.15) is 6.10 Å². The van der Waals surface area contributed by atoms with Gasteiger partial charge in [-0.3, -0.25) is 0 Å². The second kappa shape index (κ2) is 7.75. The molecule has 0 fully saturated rings. The van der Waals surface area contributed by atoms with Gasteiger partial charge < -0.3 is 13.9 Å². The molecule has 1 atom stereocenters. The zero-order chi connectivity index (χ0) is 18.7. The maximum Gasteiger partial charge on any atom is 0.340 e. The normalized spacial score (nSPS) is 12.3. The van der Waals surface area contributed by atoms with Crippen molar-refractivity contribution in [2.45, 2.75) is 33.8 Å². The van der Waals surface area contributed by atoms with Crippen LogP contribution in [0.5, 0.6) is 0 Å². The summed E-state index contributed by atoms with van der Waals surface area (Å²) in [5, 5.41) is 0. The number of aromatic nitrogens is 1. The van der Waals surface area contributed by atoms with E-state index in [1.807, 2.05) is 48.7 Å². The van der Waals surface area contributed by atoms with Crippen LogP contribution >= 0.6 is 0 Å². The lowest BCUT2D eigenvalue weighted by Gasteiger charge is -2.19. The number of benzene rings is 1. The average Bonchev–Trinajstić information content (AvgIpc) is 2.98. The van der Waals surface area contributed by atoms with Crippen LogP contribution in [0.1, 0.15) is 52.7 Å². The molecule has 0 aliphatic heterocycles. The van der Waals surface area contributed by atoms with Crippen molar-refractivity contribution in [2.24, 2.45) is 0 Å². The van der Waals surface area contributed by atoms with Crippen LogP contribution in [0.2, 0.25) is 0 Å². The average molecular weight is 351 g/mol. The fourth-order valence-corrected chi connectivity index (χ4v) is 3.43. The number of hydrogen-bond acceptors (Lipinski definition) is 3. The Morgan fingerprint density at radius 3 is 2.42 bits per heavy atom. The molecule has 0 spiro atoms. The summed E-state index contributed by atoms with van der Waals surface area (Å²) < 4.78 is 13.4. The smallest absolute Gasteiger partial charge is 0.340 e. The van der Waals surface area contributed by atoms with Gasteiger partial charge in [0.15, 0.2) is 0 Å². The first kappa shape index (κ1) is 18.2. The van der Waals surface area contributed by atoms with Gasteiger partial charge in [0, 0.05) is 12.8 Å². The van der Waals surface area contributed by atoms with Crippen molar-refractivity contribution in [1.82, 2.24) is 4.40 Å². The Kier molecular flexibility index (Phi) is 5.43. The third-order valence-corrected chi connectivity index (χ3v) is 4.35. The molecule has 136 valence electrons. The molecule has 4 heteroatoms. The minimum Gasteiger partial charge on any atom is -0.462 e. The first-order valence-corrected chi connectivity index (χ1v) is 9.02. The van der Waals surface area contributed by atoms with E-state index in [1.165, 1.54) is 11.1 Å². The Morgan fingerprint density at radius 1 is 1.04 bits per heavy atom. The number of fused-ring (bicyclic) bond motifs is 1. The van der Waals surface area contributed by atoms with Gasteiger partial charge in [-0.2, -0.15) is 0 Å². The first-order valence-electron chi connectivity index (χ1n) is 9.02. The van der Waals surface area contributed by atoms with Crippen molar-refractivity contribution in [1.29, 1.82) is 0 Å². The van der Waals surface area contributed by atoms with Gasteiger partial charge in [0.2, 0.25) is 0 Å². The Balaban J connectivity index is 2.18. The second-order valence-corrected chi connectivity index (χ2v) is 6.42. The van der Waals surface area contributed by atoms with E-state index < -0.39 is 0 Å². The molecule has 2 heterocycles. The third-order valence-electron chi connectivity index (χ3n) is 4.35. The number of ether oxygens (including phenoxy) is 2. The summed E-state index contributed by atoms with van der Waals surface area (Å²) in [5.41, 5.74) is 5.79. The highest BCUT2D eigenvalue weighted by molar-refractivity contribution is 5.97. The van der Waals surface area contributed by atoms with Crippen molar-refractivity contribution in [3.8, 4) is 0 Å². The van der Waals surface area contributed by atoms with Crippen LogP contribution in [-0.4, -0.2) is 23.6 Å². The van der Waals surface area contributed by atoms with Crippen LogP contribution in [0.15, 0.2) is 48.7 Å². The van der Waals surface area contributed by atoms with Crippen LogP contribution in [0.3, 0.4) is 0 Å². The van der Waals surface area contributed by atoms with Gasteiger partial charge in [0.25, 0.3) is 0 Å². The molecule has 0 aliphatic rings. The van der Waals surface area contributed by atoms with Crippen molar-refractivity contribution in [2.75, 3.05) is 13.2 Å². The van der Waals surface area contributed by atoms with Gasteiger partial charge in [-0.15, -0.1) is 0 Å². The highest BCUT2D eigenvalue weighted by atomic mass is 16.5. The monoisotopic (exact) mass is 351 g/mol. The van der Waals surface area contributed by atoms with Crippen molar-refractivity contribution in [3.63, 3.8) is 0 Å². The van der Waals surface area contributed by atoms with Crippen LogP contribution in [0.4, 0.5) is 0 Å². The fraction of sp³-hybridized carbons (Fsp3) is 0.318. The highest BCUT2D eigenvalue weighted by Crippen LogP contribution is 2.31.